The molecule has 6 heteroatoms. The summed E-state index contributed by atoms with van der Waals surface area (Å²) in [6, 6.07) is 6.34. The largest absolute Gasteiger partial charge is 0.334 e. The van der Waals surface area contributed by atoms with Crippen molar-refractivity contribution in [2.45, 2.75) is 19.4 Å². The first-order valence-electron chi connectivity index (χ1n) is 6.32. The molecule has 0 radical (unpaired) electrons. The van der Waals surface area contributed by atoms with Crippen LogP contribution in [0.25, 0.3) is 0 Å². The fourth-order valence-corrected chi connectivity index (χ4v) is 1.48. The van der Waals surface area contributed by atoms with E-state index in [2.05, 4.69) is 22.5 Å². The Kier molecular flexibility index (Phi) is 6.25. The number of hydrogen-bond acceptors (Lipinski definition) is 3. The van der Waals surface area contributed by atoms with E-state index in [0.29, 0.717) is 17.9 Å². The van der Waals surface area contributed by atoms with Crippen molar-refractivity contribution in [3.8, 4) is 0 Å². The summed E-state index contributed by atoms with van der Waals surface area (Å²) >= 11 is 0. The SMILES string of the molecule is C=CCNC(=O)Nc1ccc(NC(=O)CC(C)N)cc1. The molecule has 0 fully saturated rings. The maximum Gasteiger partial charge on any atom is 0.319 e. The Morgan fingerprint density at radius 1 is 1.25 bits per heavy atom. The second-order valence-corrected chi connectivity index (χ2v) is 4.43. The number of benzene rings is 1. The predicted octanol–water partition coefficient (Wildman–Crippen LogP) is 1.67. The quantitative estimate of drug-likeness (QED) is 0.595. The van der Waals surface area contributed by atoms with E-state index in [1.54, 1.807) is 37.3 Å². The lowest BCUT2D eigenvalue weighted by Crippen LogP contribution is -2.28. The zero-order valence-corrected chi connectivity index (χ0v) is 11.5. The zero-order chi connectivity index (χ0) is 15.0. The molecule has 0 aliphatic heterocycles. The molecule has 0 heterocycles. The number of nitrogens with two attached hydrogens (primary N) is 1. The van der Waals surface area contributed by atoms with E-state index in [1.807, 2.05) is 0 Å². The Bertz CT molecular complexity index is 469. The van der Waals surface area contributed by atoms with Gasteiger partial charge in [-0.15, -0.1) is 6.58 Å². The van der Waals surface area contributed by atoms with E-state index in [1.165, 1.54) is 0 Å². The van der Waals surface area contributed by atoms with Gasteiger partial charge < -0.3 is 21.7 Å². The van der Waals surface area contributed by atoms with E-state index in [9.17, 15) is 9.59 Å². The van der Waals surface area contributed by atoms with Crippen molar-refractivity contribution in [2.75, 3.05) is 17.2 Å². The second-order valence-electron chi connectivity index (χ2n) is 4.43. The molecular formula is C14H20N4O2. The summed E-state index contributed by atoms with van der Waals surface area (Å²) in [5.41, 5.74) is 6.84. The Labute approximate surface area is 118 Å². The first-order valence-corrected chi connectivity index (χ1v) is 6.32. The number of urea groups is 1. The number of hydrogen-bond donors (Lipinski definition) is 4. The maximum absolute atomic E-state index is 11.5. The van der Waals surface area contributed by atoms with E-state index in [4.69, 9.17) is 5.73 Å². The van der Waals surface area contributed by atoms with Crippen LogP contribution in [0, 0.1) is 0 Å². The van der Waals surface area contributed by atoms with Crippen molar-refractivity contribution >= 4 is 23.3 Å². The van der Waals surface area contributed by atoms with Gasteiger partial charge in [-0.3, -0.25) is 4.79 Å². The summed E-state index contributed by atoms with van der Waals surface area (Å²) in [6.45, 7) is 5.68. The molecule has 1 unspecified atom stereocenters. The summed E-state index contributed by atoms with van der Waals surface area (Å²) in [6.07, 6.45) is 1.86. The summed E-state index contributed by atoms with van der Waals surface area (Å²) in [5, 5.41) is 7.98. The van der Waals surface area contributed by atoms with E-state index in [-0.39, 0.29) is 24.4 Å². The highest BCUT2D eigenvalue weighted by Crippen LogP contribution is 2.13. The van der Waals surface area contributed by atoms with E-state index < -0.39 is 0 Å². The minimum atomic E-state index is -0.307. The lowest BCUT2D eigenvalue weighted by Gasteiger charge is -2.09. The zero-order valence-electron chi connectivity index (χ0n) is 11.5. The molecule has 20 heavy (non-hydrogen) atoms. The van der Waals surface area contributed by atoms with Crippen LogP contribution in [0.4, 0.5) is 16.2 Å². The monoisotopic (exact) mass is 276 g/mol. The van der Waals surface area contributed by atoms with Gasteiger partial charge in [0.25, 0.3) is 0 Å². The highest BCUT2D eigenvalue weighted by Gasteiger charge is 2.05. The average Bonchev–Trinajstić information content (AvgIpc) is 2.37. The van der Waals surface area contributed by atoms with Gasteiger partial charge in [0, 0.05) is 30.4 Å². The molecule has 1 atom stereocenters. The number of nitrogens with one attached hydrogen (secondary N) is 3. The van der Waals surface area contributed by atoms with Crippen LogP contribution in [0.5, 0.6) is 0 Å². The number of carbonyl (C=O) groups excluding carboxylic acids is 2. The van der Waals surface area contributed by atoms with Crippen molar-refractivity contribution < 1.29 is 9.59 Å². The lowest BCUT2D eigenvalue weighted by molar-refractivity contribution is -0.116. The molecule has 0 bridgehead atoms. The molecule has 0 aromatic heterocycles. The van der Waals surface area contributed by atoms with Crippen LogP contribution in [-0.2, 0) is 4.79 Å². The molecule has 0 saturated heterocycles. The fourth-order valence-electron chi connectivity index (χ4n) is 1.48. The summed E-state index contributed by atoms with van der Waals surface area (Å²) in [5.74, 6) is -0.135. The highest BCUT2D eigenvalue weighted by atomic mass is 16.2. The number of carbonyl (C=O) groups is 2. The van der Waals surface area contributed by atoms with Crippen molar-refractivity contribution in [1.82, 2.24) is 5.32 Å². The Morgan fingerprint density at radius 2 is 1.80 bits per heavy atom. The molecule has 108 valence electrons. The fraction of sp³-hybridized carbons (Fsp3) is 0.286. The van der Waals surface area contributed by atoms with Gasteiger partial charge >= 0.3 is 6.03 Å². The Balaban J connectivity index is 2.49. The maximum atomic E-state index is 11.5. The summed E-state index contributed by atoms with van der Waals surface area (Å²) in [7, 11) is 0. The van der Waals surface area contributed by atoms with Crippen molar-refractivity contribution in [1.29, 1.82) is 0 Å². The van der Waals surface area contributed by atoms with E-state index in [0.717, 1.165) is 0 Å². The third-order valence-electron chi connectivity index (χ3n) is 2.34. The molecule has 0 aliphatic carbocycles. The second kappa shape index (κ2) is 7.96. The summed E-state index contributed by atoms with van der Waals surface area (Å²) in [4.78, 5) is 22.9. The molecule has 1 rings (SSSR count). The smallest absolute Gasteiger partial charge is 0.319 e. The number of rotatable bonds is 6. The van der Waals surface area contributed by atoms with Crippen LogP contribution >= 0.6 is 0 Å². The minimum Gasteiger partial charge on any atom is -0.334 e. The molecule has 0 saturated carbocycles. The topological polar surface area (TPSA) is 96.2 Å². The van der Waals surface area contributed by atoms with Crippen molar-refractivity contribution in [2.24, 2.45) is 5.73 Å². The van der Waals surface area contributed by atoms with Gasteiger partial charge in [0.2, 0.25) is 5.91 Å². The van der Waals surface area contributed by atoms with Crippen molar-refractivity contribution in [3.05, 3.63) is 36.9 Å². The van der Waals surface area contributed by atoms with Crippen LogP contribution in [0.15, 0.2) is 36.9 Å². The molecule has 1 aromatic carbocycles. The highest BCUT2D eigenvalue weighted by molar-refractivity contribution is 5.92. The first kappa shape index (κ1) is 15.7. The van der Waals surface area contributed by atoms with Crippen LogP contribution in [-0.4, -0.2) is 24.5 Å². The normalized spacial score (nSPS) is 11.3. The number of amides is 3. The van der Waals surface area contributed by atoms with Gasteiger partial charge in [-0.25, -0.2) is 4.79 Å². The first-order chi connectivity index (χ1) is 9.51. The van der Waals surface area contributed by atoms with Gasteiger partial charge in [0.15, 0.2) is 0 Å². The van der Waals surface area contributed by atoms with Crippen LogP contribution in [0.1, 0.15) is 13.3 Å². The van der Waals surface area contributed by atoms with Gasteiger partial charge in [-0.1, -0.05) is 6.08 Å². The average molecular weight is 276 g/mol. The third kappa shape index (κ3) is 6.01. The van der Waals surface area contributed by atoms with Gasteiger partial charge in [-0.2, -0.15) is 0 Å². The predicted molar refractivity (Wildman–Crippen MR) is 80.6 cm³/mol. The molecule has 0 aliphatic rings. The Morgan fingerprint density at radius 3 is 2.30 bits per heavy atom. The van der Waals surface area contributed by atoms with Gasteiger partial charge in [0.05, 0.1) is 0 Å². The van der Waals surface area contributed by atoms with Crippen LogP contribution < -0.4 is 21.7 Å². The number of anilines is 2. The molecule has 5 N–H and O–H groups in total. The van der Waals surface area contributed by atoms with E-state index >= 15 is 0 Å². The molecule has 3 amide bonds. The van der Waals surface area contributed by atoms with Crippen LogP contribution in [0.2, 0.25) is 0 Å². The minimum absolute atomic E-state index is 0.135. The Hall–Kier alpha value is -2.34. The van der Waals surface area contributed by atoms with Crippen molar-refractivity contribution in [3.63, 3.8) is 0 Å². The third-order valence-corrected chi connectivity index (χ3v) is 2.34. The standard InChI is InChI=1S/C14H20N4O2/c1-3-8-16-14(20)18-12-6-4-11(5-7-12)17-13(19)9-10(2)15/h3-7,10H,1,8-9,15H2,2H3,(H,17,19)(H2,16,18,20). The van der Waals surface area contributed by atoms with Gasteiger partial charge in [-0.05, 0) is 31.2 Å². The summed E-state index contributed by atoms with van der Waals surface area (Å²) < 4.78 is 0. The van der Waals surface area contributed by atoms with Crippen LogP contribution in [0.3, 0.4) is 0 Å². The molecule has 1 aromatic rings. The molecule has 6 nitrogen and oxygen atoms in total. The van der Waals surface area contributed by atoms with Gasteiger partial charge in [0.1, 0.15) is 0 Å². The lowest BCUT2D eigenvalue weighted by atomic mass is 10.2. The molecule has 0 spiro atoms. The molecular weight excluding hydrogens is 256 g/mol.